The fraction of sp³-hybridized carbons (Fsp3) is 1.00. The fourth-order valence-corrected chi connectivity index (χ4v) is 6.48. The quantitative estimate of drug-likeness (QED) is 0.792. The van der Waals surface area contributed by atoms with Gasteiger partial charge in [-0.3, -0.25) is 4.90 Å². The summed E-state index contributed by atoms with van der Waals surface area (Å²) in [6.45, 7) is 6.65. The van der Waals surface area contributed by atoms with Crippen molar-refractivity contribution < 1.29 is 4.74 Å². The SMILES string of the molecule is C1CC(NCC2(N3CCSCC3)CCCC2)C(C2COCCN2)C1. The Labute approximate surface area is 151 Å². The molecule has 4 aliphatic rings. The molecule has 2 saturated carbocycles. The van der Waals surface area contributed by atoms with Crippen LogP contribution in [-0.4, -0.2) is 73.4 Å². The van der Waals surface area contributed by atoms with E-state index >= 15 is 0 Å². The van der Waals surface area contributed by atoms with Gasteiger partial charge >= 0.3 is 0 Å². The third kappa shape index (κ3) is 3.80. The molecule has 2 saturated heterocycles. The molecule has 0 spiro atoms. The van der Waals surface area contributed by atoms with Crippen LogP contribution < -0.4 is 10.6 Å². The lowest BCUT2D eigenvalue weighted by atomic mass is 9.91. The highest BCUT2D eigenvalue weighted by molar-refractivity contribution is 7.99. The number of hydrogen-bond acceptors (Lipinski definition) is 5. The second kappa shape index (κ2) is 8.26. The number of rotatable bonds is 5. The molecule has 5 heteroatoms. The zero-order valence-electron chi connectivity index (χ0n) is 15.1. The monoisotopic (exact) mass is 353 g/mol. The molecule has 3 atom stereocenters. The van der Waals surface area contributed by atoms with Crippen LogP contribution >= 0.6 is 11.8 Å². The van der Waals surface area contributed by atoms with Crippen LogP contribution in [0, 0.1) is 5.92 Å². The number of thioether (sulfide) groups is 1. The largest absolute Gasteiger partial charge is 0.379 e. The lowest BCUT2D eigenvalue weighted by Gasteiger charge is -2.45. The van der Waals surface area contributed by atoms with Crippen molar-refractivity contribution in [3.8, 4) is 0 Å². The van der Waals surface area contributed by atoms with Crippen LogP contribution in [0.5, 0.6) is 0 Å². The maximum Gasteiger partial charge on any atom is 0.0623 e. The minimum absolute atomic E-state index is 0.463. The van der Waals surface area contributed by atoms with Gasteiger partial charge in [0.15, 0.2) is 0 Å². The predicted molar refractivity (Wildman–Crippen MR) is 102 cm³/mol. The molecule has 4 rings (SSSR count). The van der Waals surface area contributed by atoms with E-state index in [0.717, 1.165) is 25.7 Å². The second-order valence-electron chi connectivity index (χ2n) is 8.25. The number of ether oxygens (including phenoxy) is 1. The van der Waals surface area contributed by atoms with E-state index in [2.05, 4.69) is 27.3 Å². The van der Waals surface area contributed by atoms with E-state index in [4.69, 9.17) is 4.74 Å². The van der Waals surface area contributed by atoms with Crippen molar-refractivity contribution in [2.45, 2.75) is 62.6 Å². The Hall–Kier alpha value is 0.190. The van der Waals surface area contributed by atoms with Crippen LogP contribution in [0.3, 0.4) is 0 Å². The van der Waals surface area contributed by atoms with Crippen molar-refractivity contribution in [3.63, 3.8) is 0 Å². The summed E-state index contributed by atoms with van der Waals surface area (Å²) in [7, 11) is 0. The minimum atomic E-state index is 0.463. The summed E-state index contributed by atoms with van der Waals surface area (Å²) in [5, 5.41) is 7.78. The zero-order chi connectivity index (χ0) is 16.2. The molecule has 0 radical (unpaired) electrons. The summed E-state index contributed by atoms with van der Waals surface area (Å²) in [6, 6.07) is 1.27. The Kier molecular flexibility index (Phi) is 6.05. The molecule has 24 heavy (non-hydrogen) atoms. The molecule has 3 unspecified atom stereocenters. The third-order valence-corrected chi connectivity index (χ3v) is 7.89. The van der Waals surface area contributed by atoms with Gasteiger partial charge in [-0.2, -0.15) is 11.8 Å². The van der Waals surface area contributed by atoms with Gasteiger partial charge in [-0.25, -0.2) is 0 Å². The number of nitrogens with zero attached hydrogens (tertiary/aromatic N) is 1. The van der Waals surface area contributed by atoms with Crippen molar-refractivity contribution in [1.82, 2.24) is 15.5 Å². The van der Waals surface area contributed by atoms with E-state index in [1.165, 1.54) is 76.1 Å². The lowest BCUT2D eigenvalue weighted by Crippen LogP contribution is -2.58. The molecule has 0 amide bonds. The molecular formula is C19H35N3OS. The first-order chi connectivity index (χ1) is 11.9. The summed E-state index contributed by atoms with van der Waals surface area (Å²) >= 11 is 2.13. The van der Waals surface area contributed by atoms with Crippen molar-refractivity contribution in [2.24, 2.45) is 5.92 Å². The maximum absolute atomic E-state index is 5.73. The number of nitrogens with one attached hydrogen (secondary N) is 2. The van der Waals surface area contributed by atoms with E-state index in [1.807, 2.05) is 0 Å². The summed E-state index contributed by atoms with van der Waals surface area (Å²) in [5.74, 6) is 3.43. The van der Waals surface area contributed by atoms with Crippen LogP contribution in [0.25, 0.3) is 0 Å². The van der Waals surface area contributed by atoms with E-state index in [9.17, 15) is 0 Å². The standard InChI is InChI=1S/C19H35N3OS/c1-2-7-19(6-1,22-9-12-24-13-10-22)15-21-17-5-3-4-16(17)18-14-23-11-8-20-18/h16-18,20-21H,1-15H2. The van der Waals surface area contributed by atoms with Gasteiger partial charge in [-0.15, -0.1) is 0 Å². The highest BCUT2D eigenvalue weighted by Gasteiger charge is 2.42. The second-order valence-corrected chi connectivity index (χ2v) is 9.47. The van der Waals surface area contributed by atoms with Crippen LogP contribution in [0.1, 0.15) is 44.9 Å². The Morgan fingerprint density at radius 2 is 1.96 bits per heavy atom. The van der Waals surface area contributed by atoms with E-state index in [-0.39, 0.29) is 0 Å². The number of morpholine rings is 1. The van der Waals surface area contributed by atoms with Gasteiger partial charge in [0, 0.05) is 55.3 Å². The molecule has 138 valence electrons. The maximum atomic E-state index is 5.73. The molecule has 0 aromatic rings. The average Bonchev–Trinajstić information content (AvgIpc) is 3.32. The summed E-state index contributed by atoms with van der Waals surface area (Å²) in [6.07, 6.45) is 9.78. The van der Waals surface area contributed by atoms with E-state index in [0.29, 0.717) is 17.6 Å². The Morgan fingerprint density at radius 3 is 2.71 bits per heavy atom. The van der Waals surface area contributed by atoms with Crippen molar-refractivity contribution in [1.29, 1.82) is 0 Å². The minimum Gasteiger partial charge on any atom is -0.379 e. The van der Waals surface area contributed by atoms with E-state index < -0.39 is 0 Å². The van der Waals surface area contributed by atoms with Crippen molar-refractivity contribution >= 4 is 11.8 Å². The summed E-state index contributed by atoms with van der Waals surface area (Å²) in [4.78, 5) is 2.84. The Bertz CT molecular complexity index is 390. The molecule has 4 nitrogen and oxygen atoms in total. The van der Waals surface area contributed by atoms with Crippen LogP contribution in [0.2, 0.25) is 0 Å². The van der Waals surface area contributed by atoms with Crippen LogP contribution in [0.4, 0.5) is 0 Å². The summed E-state index contributed by atoms with van der Waals surface area (Å²) < 4.78 is 5.73. The molecular weight excluding hydrogens is 318 g/mol. The average molecular weight is 354 g/mol. The van der Waals surface area contributed by atoms with Gasteiger partial charge < -0.3 is 15.4 Å². The van der Waals surface area contributed by atoms with Crippen LogP contribution in [-0.2, 0) is 4.74 Å². The smallest absolute Gasteiger partial charge is 0.0623 e. The topological polar surface area (TPSA) is 36.5 Å². The third-order valence-electron chi connectivity index (χ3n) is 6.95. The lowest BCUT2D eigenvalue weighted by molar-refractivity contribution is 0.0490. The molecule has 4 fully saturated rings. The van der Waals surface area contributed by atoms with E-state index in [1.54, 1.807) is 0 Å². The van der Waals surface area contributed by atoms with Gasteiger partial charge in [0.1, 0.15) is 0 Å². The van der Waals surface area contributed by atoms with Crippen LogP contribution in [0.15, 0.2) is 0 Å². The first-order valence-electron chi connectivity index (χ1n) is 10.2. The summed E-state index contributed by atoms with van der Waals surface area (Å²) in [5.41, 5.74) is 0.463. The normalized spacial score (nSPS) is 37.8. The van der Waals surface area contributed by atoms with Crippen molar-refractivity contribution in [3.05, 3.63) is 0 Å². The Morgan fingerprint density at radius 1 is 1.12 bits per heavy atom. The zero-order valence-corrected chi connectivity index (χ0v) is 15.9. The van der Waals surface area contributed by atoms with Gasteiger partial charge in [-0.05, 0) is 31.6 Å². The fourth-order valence-electron chi connectivity index (χ4n) is 5.58. The van der Waals surface area contributed by atoms with Gasteiger partial charge in [-0.1, -0.05) is 19.3 Å². The molecule has 2 aliphatic heterocycles. The molecule has 0 aromatic heterocycles. The molecule has 2 heterocycles. The van der Waals surface area contributed by atoms with Gasteiger partial charge in [0.05, 0.1) is 13.2 Å². The first-order valence-corrected chi connectivity index (χ1v) is 11.4. The van der Waals surface area contributed by atoms with Crippen molar-refractivity contribution in [2.75, 3.05) is 50.9 Å². The highest BCUT2D eigenvalue weighted by atomic mass is 32.2. The molecule has 2 aliphatic carbocycles. The Balaban J connectivity index is 1.36. The molecule has 2 N–H and O–H groups in total. The molecule has 0 aromatic carbocycles. The molecule has 0 bridgehead atoms. The predicted octanol–water partition coefficient (Wildman–Crippen LogP) is 2.09. The number of hydrogen-bond donors (Lipinski definition) is 2. The highest BCUT2D eigenvalue weighted by Crippen LogP contribution is 2.37. The first kappa shape index (κ1) is 17.6. The van der Waals surface area contributed by atoms with Gasteiger partial charge in [0.2, 0.25) is 0 Å². The van der Waals surface area contributed by atoms with Gasteiger partial charge in [0.25, 0.3) is 0 Å².